The second-order valence-electron chi connectivity index (χ2n) is 15.5. The Labute approximate surface area is 348 Å². The van der Waals surface area contributed by atoms with Gasteiger partial charge in [0.1, 0.15) is 0 Å². The van der Waals surface area contributed by atoms with Gasteiger partial charge in [0.25, 0.3) is 0 Å². The Morgan fingerprint density at radius 1 is 0.433 bits per heavy atom. The predicted octanol–water partition coefficient (Wildman–Crippen LogP) is 14.8. The van der Waals surface area contributed by atoms with E-state index >= 15 is 0 Å². The van der Waals surface area contributed by atoms with E-state index in [-0.39, 0.29) is 0 Å². The highest BCUT2D eigenvalue weighted by Crippen LogP contribution is 2.62. The maximum absolute atomic E-state index is 6.76. The molecule has 0 saturated heterocycles. The topological polar surface area (TPSA) is 34.6 Å². The number of ether oxygens (including phenoxy) is 2. The molecule has 9 aromatic carbocycles. The maximum Gasteiger partial charge on any atom is 0.178 e. The minimum atomic E-state index is -0.632. The highest BCUT2D eigenvalue weighted by atomic mass is 16.6. The van der Waals surface area contributed by atoms with Gasteiger partial charge in [-0.2, -0.15) is 0 Å². The number of para-hydroxylation sites is 2. The van der Waals surface area contributed by atoms with Crippen molar-refractivity contribution in [1.82, 2.24) is 4.98 Å². The van der Waals surface area contributed by atoms with E-state index in [0.717, 1.165) is 61.9 Å². The first-order valence-corrected chi connectivity index (χ1v) is 20.3. The van der Waals surface area contributed by atoms with Crippen molar-refractivity contribution in [2.75, 3.05) is 4.90 Å². The molecule has 10 aromatic rings. The molecular weight excluding hydrogens is 733 g/mol. The average molecular weight is 769 g/mol. The molecule has 60 heavy (non-hydrogen) atoms. The summed E-state index contributed by atoms with van der Waals surface area (Å²) in [6.45, 7) is 0. The van der Waals surface area contributed by atoms with Crippen LogP contribution in [0.4, 0.5) is 17.1 Å². The van der Waals surface area contributed by atoms with E-state index < -0.39 is 5.41 Å². The number of hydrogen-bond acceptors (Lipinski definition) is 4. The van der Waals surface area contributed by atoms with Gasteiger partial charge >= 0.3 is 0 Å². The number of pyridine rings is 1. The molecule has 0 saturated carbocycles. The summed E-state index contributed by atoms with van der Waals surface area (Å²) in [4.78, 5) is 6.78. The summed E-state index contributed by atoms with van der Waals surface area (Å²) in [7, 11) is 0. The van der Waals surface area contributed by atoms with E-state index in [4.69, 9.17) is 9.47 Å². The largest absolute Gasteiger partial charge is 0.449 e. The fourth-order valence-electron chi connectivity index (χ4n) is 9.67. The number of rotatable bonds is 6. The standard InChI is InChI=1S/C56H36N2O2/c1-2-15-40(16-3-1)56(48-21-9-8-20-47(48)54-49(56)32-33-53-55(54)60-52-23-11-10-22-51(52)59-53)41-26-30-43(31-27-41)58(42-28-24-37(25-29-42)39-14-12-34-57-36-39)50-35-38-13-4-5-17-44(38)45-18-6-7-19-46(45)50/h1-36H. The predicted molar refractivity (Wildman–Crippen MR) is 243 cm³/mol. The van der Waals surface area contributed by atoms with Crippen LogP contribution in [-0.4, -0.2) is 4.98 Å². The van der Waals surface area contributed by atoms with Gasteiger partial charge in [0.05, 0.1) is 11.1 Å². The number of hydrogen-bond donors (Lipinski definition) is 0. The SMILES string of the molecule is c1ccc(C2(c3ccc(N(c4ccc(-c5cccnc5)cc4)c4cc5ccccc5c5ccccc45)cc3)c3ccccc3-c3c2ccc2c3Oc3ccccc3O2)cc1. The molecule has 12 rings (SSSR count). The van der Waals surface area contributed by atoms with Gasteiger partial charge in [0.15, 0.2) is 23.0 Å². The molecule has 1 atom stereocenters. The fourth-order valence-corrected chi connectivity index (χ4v) is 9.67. The van der Waals surface area contributed by atoms with E-state index in [1.807, 2.05) is 42.7 Å². The van der Waals surface area contributed by atoms with Gasteiger partial charge in [0, 0.05) is 34.7 Å². The van der Waals surface area contributed by atoms with Crippen molar-refractivity contribution in [3.05, 3.63) is 241 Å². The summed E-state index contributed by atoms with van der Waals surface area (Å²) in [6.07, 6.45) is 3.73. The quantitative estimate of drug-likeness (QED) is 0.158. The molecule has 0 fully saturated rings. The number of benzene rings is 9. The van der Waals surface area contributed by atoms with Crippen LogP contribution in [0.2, 0.25) is 0 Å². The third-order valence-corrected chi connectivity index (χ3v) is 12.3. The smallest absolute Gasteiger partial charge is 0.178 e. The van der Waals surface area contributed by atoms with E-state index in [1.54, 1.807) is 0 Å². The Bertz CT molecular complexity index is 3250. The zero-order chi connectivity index (χ0) is 39.6. The van der Waals surface area contributed by atoms with E-state index in [9.17, 15) is 0 Å². The monoisotopic (exact) mass is 768 g/mol. The van der Waals surface area contributed by atoms with Crippen molar-refractivity contribution < 1.29 is 9.47 Å². The lowest BCUT2D eigenvalue weighted by Gasteiger charge is -2.35. The normalized spacial score (nSPS) is 14.7. The minimum Gasteiger partial charge on any atom is -0.449 e. The van der Waals surface area contributed by atoms with Crippen LogP contribution >= 0.6 is 0 Å². The van der Waals surface area contributed by atoms with Crippen LogP contribution < -0.4 is 14.4 Å². The maximum atomic E-state index is 6.76. The zero-order valence-electron chi connectivity index (χ0n) is 32.5. The number of fused-ring (bicyclic) bond motifs is 9. The highest BCUT2D eigenvalue weighted by Gasteiger charge is 2.48. The van der Waals surface area contributed by atoms with E-state index in [1.165, 1.54) is 32.7 Å². The molecule has 0 N–H and O–H groups in total. The van der Waals surface area contributed by atoms with Crippen LogP contribution in [-0.2, 0) is 5.41 Å². The fraction of sp³-hybridized carbons (Fsp3) is 0.0179. The molecule has 1 unspecified atom stereocenters. The van der Waals surface area contributed by atoms with Gasteiger partial charge < -0.3 is 14.4 Å². The molecule has 4 nitrogen and oxygen atoms in total. The van der Waals surface area contributed by atoms with E-state index in [2.05, 4.69) is 186 Å². The van der Waals surface area contributed by atoms with Crippen molar-refractivity contribution >= 4 is 38.6 Å². The first kappa shape index (κ1) is 34.1. The summed E-state index contributed by atoms with van der Waals surface area (Å²) >= 11 is 0. The molecule has 2 aliphatic rings. The van der Waals surface area contributed by atoms with Crippen molar-refractivity contribution in [3.8, 4) is 45.3 Å². The Morgan fingerprint density at radius 3 is 1.87 bits per heavy atom. The molecule has 0 radical (unpaired) electrons. The lowest BCUT2D eigenvalue weighted by atomic mass is 9.67. The number of aromatic nitrogens is 1. The Hall–Kier alpha value is -7.95. The first-order chi connectivity index (χ1) is 29.8. The van der Waals surface area contributed by atoms with Gasteiger partial charge in [0.2, 0.25) is 0 Å². The molecule has 0 bridgehead atoms. The van der Waals surface area contributed by atoms with Gasteiger partial charge in [-0.3, -0.25) is 4.98 Å². The molecule has 1 aliphatic carbocycles. The average Bonchev–Trinajstić information content (AvgIpc) is 3.63. The Balaban J connectivity index is 1.07. The van der Waals surface area contributed by atoms with Crippen molar-refractivity contribution in [3.63, 3.8) is 0 Å². The first-order valence-electron chi connectivity index (χ1n) is 20.3. The van der Waals surface area contributed by atoms with Crippen molar-refractivity contribution in [2.45, 2.75) is 5.41 Å². The zero-order valence-corrected chi connectivity index (χ0v) is 32.5. The second-order valence-corrected chi connectivity index (χ2v) is 15.5. The van der Waals surface area contributed by atoms with Crippen LogP contribution in [0.5, 0.6) is 23.0 Å². The van der Waals surface area contributed by atoms with Crippen LogP contribution in [0.25, 0.3) is 43.8 Å². The highest BCUT2D eigenvalue weighted by molar-refractivity contribution is 6.14. The van der Waals surface area contributed by atoms with Crippen molar-refractivity contribution in [1.29, 1.82) is 0 Å². The summed E-state index contributed by atoms with van der Waals surface area (Å²) in [5, 5.41) is 4.84. The summed E-state index contributed by atoms with van der Waals surface area (Å²) < 4.78 is 13.2. The third-order valence-electron chi connectivity index (χ3n) is 12.3. The number of anilines is 3. The molecular formula is C56H36N2O2. The lowest BCUT2D eigenvalue weighted by molar-refractivity contribution is 0.360. The molecule has 2 heterocycles. The summed E-state index contributed by atoms with van der Waals surface area (Å²) in [6, 6.07) is 73.7. The van der Waals surface area contributed by atoms with Crippen LogP contribution in [0.3, 0.4) is 0 Å². The van der Waals surface area contributed by atoms with Gasteiger partial charge in [-0.25, -0.2) is 0 Å². The molecule has 282 valence electrons. The van der Waals surface area contributed by atoms with Gasteiger partial charge in [-0.05, 0) is 110 Å². The summed E-state index contributed by atoms with van der Waals surface area (Å²) in [5.41, 5.74) is 11.7. The Kier molecular flexibility index (Phi) is 7.72. The van der Waals surface area contributed by atoms with Crippen LogP contribution in [0.15, 0.2) is 219 Å². The molecule has 4 heteroatoms. The van der Waals surface area contributed by atoms with Crippen LogP contribution in [0.1, 0.15) is 22.3 Å². The van der Waals surface area contributed by atoms with E-state index in [0.29, 0.717) is 11.5 Å². The van der Waals surface area contributed by atoms with Gasteiger partial charge in [-0.1, -0.05) is 152 Å². The number of nitrogens with zero attached hydrogens (tertiary/aromatic N) is 2. The molecule has 1 aromatic heterocycles. The van der Waals surface area contributed by atoms with Crippen molar-refractivity contribution in [2.24, 2.45) is 0 Å². The van der Waals surface area contributed by atoms with Gasteiger partial charge in [-0.15, -0.1) is 0 Å². The lowest BCUT2D eigenvalue weighted by Crippen LogP contribution is -2.28. The summed E-state index contributed by atoms with van der Waals surface area (Å²) in [5.74, 6) is 2.90. The Morgan fingerprint density at radius 2 is 1.08 bits per heavy atom. The van der Waals surface area contributed by atoms with Crippen LogP contribution in [0, 0.1) is 0 Å². The molecule has 1 aliphatic heterocycles. The second kappa shape index (κ2) is 13.6. The molecule has 0 amide bonds. The third kappa shape index (κ3) is 5.14. The minimum absolute atomic E-state index is 0.632. The molecule has 0 spiro atoms.